The summed E-state index contributed by atoms with van der Waals surface area (Å²) >= 11 is 0. The second kappa shape index (κ2) is 5.29. The van der Waals surface area contributed by atoms with E-state index in [4.69, 9.17) is 0 Å². The van der Waals surface area contributed by atoms with Crippen LogP contribution in [0.3, 0.4) is 0 Å². The maximum absolute atomic E-state index is 12.1. The number of amides is 4. The molecule has 1 atom stereocenters. The molecule has 0 spiro atoms. The predicted octanol–water partition coefficient (Wildman–Crippen LogP) is 0.165. The molecule has 0 aliphatic carbocycles. The van der Waals surface area contributed by atoms with E-state index < -0.39 is 29.7 Å². The average molecular weight is 254 g/mol. The second-order valence-corrected chi connectivity index (χ2v) is 4.87. The van der Waals surface area contributed by atoms with Gasteiger partial charge >= 0.3 is 0 Å². The molecule has 18 heavy (non-hydrogen) atoms. The van der Waals surface area contributed by atoms with E-state index in [1.807, 2.05) is 13.8 Å². The predicted molar refractivity (Wildman–Crippen MR) is 63.2 cm³/mol. The van der Waals surface area contributed by atoms with Gasteiger partial charge in [-0.15, -0.1) is 0 Å². The van der Waals surface area contributed by atoms with Gasteiger partial charge in [-0.1, -0.05) is 13.8 Å². The third-order valence-corrected chi connectivity index (χ3v) is 2.84. The van der Waals surface area contributed by atoms with E-state index in [0.717, 1.165) is 9.80 Å². The average Bonchev–Trinajstić information content (AvgIpc) is 2.21. The fourth-order valence-corrected chi connectivity index (χ4v) is 2.07. The van der Waals surface area contributed by atoms with Crippen molar-refractivity contribution in [2.24, 2.45) is 5.92 Å². The molecule has 0 N–H and O–H groups in total. The Balaban J connectivity index is 3.08. The molecule has 1 aliphatic heterocycles. The molecule has 0 aromatic heterocycles. The summed E-state index contributed by atoms with van der Waals surface area (Å²) in [7, 11) is 0. The highest BCUT2D eigenvalue weighted by molar-refractivity contribution is 6.09. The molecule has 100 valence electrons. The van der Waals surface area contributed by atoms with Crippen LogP contribution in [0.4, 0.5) is 0 Å². The van der Waals surface area contributed by atoms with Crippen LogP contribution in [0.15, 0.2) is 0 Å². The van der Waals surface area contributed by atoms with Gasteiger partial charge in [-0.25, -0.2) is 0 Å². The first-order valence-electron chi connectivity index (χ1n) is 5.90. The number of piperazine rings is 1. The monoisotopic (exact) mass is 254 g/mol. The molecule has 0 unspecified atom stereocenters. The zero-order valence-electron chi connectivity index (χ0n) is 11.1. The van der Waals surface area contributed by atoms with Gasteiger partial charge in [-0.3, -0.25) is 29.0 Å². The summed E-state index contributed by atoms with van der Waals surface area (Å²) in [4.78, 5) is 48.6. The van der Waals surface area contributed by atoms with Crippen molar-refractivity contribution < 1.29 is 19.2 Å². The lowest BCUT2D eigenvalue weighted by molar-refractivity contribution is -0.166. The number of rotatable bonds is 2. The fraction of sp³-hybridized carbons (Fsp3) is 0.667. The first-order chi connectivity index (χ1) is 8.25. The Labute approximate surface area is 106 Å². The lowest BCUT2D eigenvalue weighted by Gasteiger charge is -2.37. The number of hydrogen-bond donors (Lipinski definition) is 0. The fourth-order valence-electron chi connectivity index (χ4n) is 2.07. The van der Waals surface area contributed by atoms with Crippen LogP contribution in [0.1, 0.15) is 34.1 Å². The highest BCUT2D eigenvalue weighted by atomic mass is 16.2. The van der Waals surface area contributed by atoms with E-state index in [9.17, 15) is 19.2 Å². The van der Waals surface area contributed by atoms with Crippen molar-refractivity contribution in [2.75, 3.05) is 6.54 Å². The number of carbonyl (C=O) groups is 4. The van der Waals surface area contributed by atoms with Crippen molar-refractivity contribution in [1.82, 2.24) is 9.80 Å². The van der Waals surface area contributed by atoms with Gasteiger partial charge in [0.15, 0.2) is 0 Å². The zero-order valence-corrected chi connectivity index (χ0v) is 11.1. The Hall–Kier alpha value is -1.72. The van der Waals surface area contributed by atoms with E-state index in [-0.39, 0.29) is 12.5 Å². The summed E-state index contributed by atoms with van der Waals surface area (Å²) in [6.45, 7) is 5.93. The van der Waals surface area contributed by atoms with E-state index >= 15 is 0 Å². The van der Waals surface area contributed by atoms with E-state index in [0.29, 0.717) is 6.42 Å². The Morgan fingerprint density at radius 3 is 2.17 bits per heavy atom. The maximum Gasteiger partial charge on any atom is 0.252 e. The molecular formula is C12H18N2O4. The third kappa shape index (κ3) is 2.75. The quantitative estimate of drug-likeness (QED) is 0.703. The van der Waals surface area contributed by atoms with Crippen LogP contribution in [0.25, 0.3) is 0 Å². The topological polar surface area (TPSA) is 74.8 Å². The van der Waals surface area contributed by atoms with Crippen molar-refractivity contribution in [3.63, 3.8) is 0 Å². The SMILES string of the molecule is CC(=O)N1CC(=O)N(C(C)=O)[C@@H](CC(C)C)C1=O. The zero-order chi connectivity index (χ0) is 14.0. The second-order valence-electron chi connectivity index (χ2n) is 4.87. The molecule has 1 fully saturated rings. The Morgan fingerprint density at radius 1 is 1.22 bits per heavy atom. The third-order valence-electron chi connectivity index (χ3n) is 2.84. The minimum absolute atomic E-state index is 0.139. The molecule has 0 aromatic rings. The summed E-state index contributed by atoms with van der Waals surface area (Å²) in [5, 5.41) is 0. The minimum Gasteiger partial charge on any atom is -0.275 e. The van der Waals surface area contributed by atoms with Crippen molar-refractivity contribution in [3.05, 3.63) is 0 Å². The normalized spacial score (nSPS) is 20.6. The highest BCUT2D eigenvalue weighted by Gasteiger charge is 2.42. The molecule has 0 radical (unpaired) electrons. The number of hydrogen-bond acceptors (Lipinski definition) is 4. The molecule has 1 heterocycles. The van der Waals surface area contributed by atoms with Gasteiger partial charge in [0.05, 0.1) is 0 Å². The molecule has 0 aromatic carbocycles. The van der Waals surface area contributed by atoms with Gasteiger partial charge in [0.2, 0.25) is 17.7 Å². The van der Waals surface area contributed by atoms with Gasteiger partial charge in [0, 0.05) is 13.8 Å². The first kappa shape index (κ1) is 14.3. The first-order valence-corrected chi connectivity index (χ1v) is 5.90. The van der Waals surface area contributed by atoms with Crippen molar-refractivity contribution >= 4 is 23.6 Å². The van der Waals surface area contributed by atoms with Crippen molar-refractivity contribution in [2.45, 2.75) is 40.2 Å². The van der Waals surface area contributed by atoms with Gasteiger partial charge < -0.3 is 0 Å². The summed E-state index contributed by atoms with van der Waals surface area (Å²) in [6.07, 6.45) is 0.369. The van der Waals surface area contributed by atoms with E-state index in [1.54, 1.807) is 0 Å². The molecule has 0 bridgehead atoms. The maximum atomic E-state index is 12.1. The molecule has 1 aliphatic rings. The van der Waals surface area contributed by atoms with Gasteiger partial charge in [-0.05, 0) is 12.3 Å². The summed E-state index contributed by atoms with van der Waals surface area (Å²) < 4.78 is 0. The van der Waals surface area contributed by atoms with Gasteiger partial charge in [0.1, 0.15) is 12.6 Å². The van der Waals surface area contributed by atoms with Crippen molar-refractivity contribution in [3.8, 4) is 0 Å². The Morgan fingerprint density at radius 2 is 1.78 bits per heavy atom. The number of nitrogens with zero attached hydrogens (tertiary/aromatic N) is 2. The molecule has 6 heteroatoms. The Bertz CT molecular complexity index is 403. The number of imide groups is 2. The molecule has 4 amide bonds. The summed E-state index contributed by atoms with van der Waals surface area (Å²) in [5.74, 6) is -1.75. The summed E-state index contributed by atoms with van der Waals surface area (Å²) in [5.41, 5.74) is 0. The lowest BCUT2D eigenvalue weighted by Crippen LogP contribution is -2.62. The van der Waals surface area contributed by atoms with Crippen LogP contribution in [0, 0.1) is 5.92 Å². The van der Waals surface area contributed by atoms with E-state index in [1.165, 1.54) is 13.8 Å². The van der Waals surface area contributed by atoms with Gasteiger partial charge in [0.25, 0.3) is 5.91 Å². The summed E-state index contributed by atoms with van der Waals surface area (Å²) in [6, 6.07) is -0.854. The van der Waals surface area contributed by atoms with Gasteiger partial charge in [-0.2, -0.15) is 0 Å². The largest absolute Gasteiger partial charge is 0.275 e. The van der Waals surface area contributed by atoms with Crippen LogP contribution in [0.2, 0.25) is 0 Å². The van der Waals surface area contributed by atoms with Crippen LogP contribution in [0.5, 0.6) is 0 Å². The Kier molecular flexibility index (Phi) is 4.21. The molecule has 0 saturated carbocycles. The van der Waals surface area contributed by atoms with Crippen molar-refractivity contribution in [1.29, 1.82) is 0 Å². The van der Waals surface area contributed by atoms with Crippen LogP contribution < -0.4 is 0 Å². The lowest BCUT2D eigenvalue weighted by atomic mass is 9.99. The van der Waals surface area contributed by atoms with Crippen LogP contribution >= 0.6 is 0 Å². The number of carbonyl (C=O) groups excluding carboxylic acids is 4. The molecule has 1 rings (SSSR count). The highest BCUT2D eigenvalue weighted by Crippen LogP contribution is 2.19. The van der Waals surface area contributed by atoms with Crippen LogP contribution in [-0.2, 0) is 19.2 Å². The van der Waals surface area contributed by atoms with E-state index in [2.05, 4.69) is 0 Å². The molecule has 1 saturated heterocycles. The molecule has 6 nitrogen and oxygen atoms in total. The smallest absolute Gasteiger partial charge is 0.252 e. The minimum atomic E-state index is -0.854. The molecular weight excluding hydrogens is 236 g/mol. The van der Waals surface area contributed by atoms with Crippen LogP contribution in [-0.4, -0.2) is 46.0 Å². The standard InChI is InChI=1S/C12H18N2O4/c1-7(2)5-10-12(18)13(8(3)15)6-11(17)14(10)9(4)16/h7,10H,5-6H2,1-4H3/t10-/m0/s1.